The van der Waals surface area contributed by atoms with Gasteiger partial charge < -0.3 is 5.11 Å². The molecule has 1 atom stereocenters. The second kappa shape index (κ2) is 7.31. The third-order valence-corrected chi connectivity index (χ3v) is 4.27. The minimum atomic E-state index is -0.954. The van der Waals surface area contributed by atoms with Crippen LogP contribution in [0.4, 0.5) is 0 Å². The van der Waals surface area contributed by atoms with Crippen molar-refractivity contribution in [2.24, 2.45) is 4.99 Å². The van der Waals surface area contributed by atoms with E-state index in [0.29, 0.717) is 11.0 Å². The summed E-state index contributed by atoms with van der Waals surface area (Å²) >= 11 is 0. The quantitative estimate of drug-likeness (QED) is 0.314. The highest BCUT2D eigenvalue weighted by molar-refractivity contribution is 7.42. The number of nitrogens with zero attached hydrogens (tertiary/aromatic N) is 1. The number of carboxylic acid groups (broad SMARTS) is 1. The van der Waals surface area contributed by atoms with E-state index in [1.165, 1.54) is 0 Å². The fraction of sp³-hybridized carbons (Fsp3) is 0. The van der Waals surface area contributed by atoms with E-state index >= 15 is 0 Å². The van der Waals surface area contributed by atoms with Gasteiger partial charge in [0, 0.05) is 5.56 Å². The van der Waals surface area contributed by atoms with Gasteiger partial charge in [-0.15, -0.1) is 6.42 Å². The summed E-state index contributed by atoms with van der Waals surface area (Å²) in [6, 6.07) is 18.3. The molecule has 0 aliphatic carbocycles. The number of amidine groups is 1. The first-order chi connectivity index (χ1) is 12.5. The Hall–Kier alpha value is -3.28. The molecule has 3 aromatic carbocycles. The Labute approximate surface area is 153 Å². The van der Waals surface area contributed by atoms with E-state index in [1.807, 2.05) is 30.3 Å². The first kappa shape index (κ1) is 17.5. The maximum absolute atomic E-state index is 11.3. The lowest BCUT2D eigenvalue weighted by atomic mass is 9.96. The van der Waals surface area contributed by atoms with Crippen LogP contribution in [0.25, 0.3) is 21.9 Å². The Morgan fingerprint density at radius 1 is 1.08 bits per heavy atom. The van der Waals surface area contributed by atoms with Crippen LogP contribution in [0.2, 0.25) is 0 Å². The molecule has 4 nitrogen and oxygen atoms in total. The van der Waals surface area contributed by atoms with E-state index in [4.69, 9.17) is 11.8 Å². The lowest BCUT2D eigenvalue weighted by molar-refractivity contribution is 0.0697. The van der Waals surface area contributed by atoms with Crippen molar-refractivity contribution in [2.75, 3.05) is 0 Å². The van der Waals surface area contributed by atoms with Crippen LogP contribution in [0.5, 0.6) is 0 Å². The van der Waals surface area contributed by atoms with E-state index in [0.717, 1.165) is 21.9 Å². The largest absolute Gasteiger partial charge is 0.478 e. The lowest BCUT2D eigenvalue weighted by Gasteiger charge is -2.09. The minimum Gasteiger partial charge on any atom is -0.478 e. The van der Waals surface area contributed by atoms with Gasteiger partial charge in [0.2, 0.25) is 0 Å². The number of carboxylic acids is 1. The number of benzene rings is 3. The topological polar surface area (TPSA) is 73.5 Å². The van der Waals surface area contributed by atoms with Gasteiger partial charge in [-0.3, -0.25) is 5.41 Å². The Balaban J connectivity index is 2.04. The zero-order valence-electron chi connectivity index (χ0n) is 13.7. The number of aromatic carboxylic acids is 1. The molecule has 0 bridgehead atoms. The van der Waals surface area contributed by atoms with E-state index in [-0.39, 0.29) is 11.4 Å². The molecular formula is C21H15N2O2P. The van der Waals surface area contributed by atoms with Gasteiger partial charge >= 0.3 is 5.97 Å². The molecule has 0 aliphatic heterocycles. The Bertz CT molecular complexity index is 1090. The molecule has 0 fully saturated rings. The number of hydrogen-bond acceptors (Lipinski definition) is 2. The molecular weight excluding hydrogens is 343 g/mol. The molecule has 0 radical (unpaired) electrons. The van der Waals surface area contributed by atoms with E-state index < -0.39 is 5.97 Å². The van der Waals surface area contributed by atoms with E-state index in [2.05, 4.69) is 20.2 Å². The van der Waals surface area contributed by atoms with Gasteiger partial charge in [0.15, 0.2) is 5.84 Å². The van der Waals surface area contributed by atoms with Crippen LogP contribution in [-0.2, 0) is 0 Å². The number of aliphatic imine (C=N–C) groups is 1. The minimum absolute atomic E-state index is 0.0885. The van der Waals surface area contributed by atoms with Crippen molar-refractivity contribution in [1.82, 2.24) is 0 Å². The Morgan fingerprint density at radius 3 is 2.42 bits per heavy atom. The summed E-state index contributed by atoms with van der Waals surface area (Å²) in [5, 5.41) is 19.1. The Kier molecular flexibility index (Phi) is 4.93. The molecule has 0 aliphatic rings. The molecule has 1 unspecified atom stereocenters. The summed E-state index contributed by atoms with van der Waals surface area (Å²) in [6.07, 6.45) is 5.24. The standard InChI is InChI=1S/C21H15N2O2P/c1-2-19(26)23-20(22)15-9-6-14(7-10-15)17-5-3-4-13-8-11-16(21(24)25)12-18(13)17/h1,3-12,22H,26H2,(H,24,25)/b22-20?,23-19-. The molecule has 0 saturated heterocycles. The van der Waals surface area contributed by atoms with Gasteiger partial charge in [0.25, 0.3) is 0 Å². The predicted molar refractivity (Wildman–Crippen MR) is 109 cm³/mol. The maximum atomic E-state index is 11.3. The fourth-order valence-corrected chi connectivity index (χ4v) is 2.81. The highest BCUT2D eigenvalue weighted by Crippen LogP contribution is 2.29. The summed E-state index contributed by atoms with van der Waals surface area (Å²) in [5.41, 5.74) is 3.13. The first-order valence-electron chi connectivity index (χ1n) is 7.76. The molecule has 0 saturated carbocycles. The van der Waals surface area contributed by atoms with Gasteiger partial charge in [-0.25, -0.2) is 9.79 Å². The van der Waals surface area contributed by atoms with Crippen LogP contribution in [0.1, 0.15) is 15.9 Å². The van der Waals surface area contributed by atoms with Crippen LogP contribution in [-0.4, -0.2) is 22.4 Å². The molecule has 0 spiro atoms. The molecule has 2 N–H and O–H groups in total. The van der Waals surface area contributed by atoms with Crippen molar-refractivity contribution >= 4 is 37.3 Å². The first-order valence-corrected chi connectivity index (χ1v) is 8.33. The van der Waals surface area contributed by atoms with Crippen LogP contribution < -0.4 is 0 Å². The summed E-state index contributed by atoms with van der Waals surface area (Å²) in [6.45, 7) is 0. The maximum Gasteiger partial charge on any atom is 0.335 e. The number of rotatable bonds is 3. The van der Waals surface area contributed by atoms with Crippen molar-refractivity contribution in [1.29, 1.82) is 5.41 Å². The SMILES string of the molecule is C#C/C(P)=N/C(=N)c1ccc(-c2cccc3ccc(C(=O)O)cc23)cc1. The summed E-state index contributed by atoms with van der Waals surface area (Å²) in [7, 11) is 2.31. The van der Waals surface area contributed by atoms with Gasteiger partial charge in [-0.05, 0) is 34.0 Å². The molecule has 26 heavy (non-hydrogen) atoms. The van der Waals surface area contributed by atoms with Crippen molar-refractivity contribution in [2.45, 2.75) is 0 Å². The number of terminal acetylenes is 1. The Morgan fingerprint density at radius 2 is 1.77 bits per heavy atom. The van der Waals surface area contributed by atoms with Gasteiger partial charge in [0.05, 0.1) is 5.56 Å². The average Bonchev–Trinajstić information content (AvgIpc) is 2.67. The second-order valence-electron chi connectivity index (χ2n) is 5.61. The zero-order valence-corrected chi connectivity index (χ0v) is 14.9. The number of carbonyl (C=O) groups is 1. The fourth-order valence-electron chi connectivity index (χ4n) is 2.68. The van der Waals surface area contributed by atoms with E-state index in [1.54, 1.807) is 30.3 Å². The number of fused-ring (bicyclic) bond motifs is 1. The highest BCUT2D eigenvalue weighted by Gasteiger charge is 2.09. The number of hydrogen-bond donors (Lipinski definition) is 2. The van der Waals surface area contributed by atoms with Gasteiger partial charge in [-0.1, -0.05) is 63.7 Å². The molecule has 0 aromatic heterocycles. The third kappa shape index (κ3) is 3.54. The third-order valence-electron chi connectivity index (χ3n) is 3.98. The van der Waals surface area contributed by atoms with Crippen LogP contribution in [0.15, 0.2) is 65.7 Å². The molecule has 5 heteroatoms. The molecule has 0 heterocycles. The van der Waals surface area contributed by atoms with Crippen LogP contribution >= 0.6 is 9.24 Å². The van der Waals surface area contributed by atoms with Crippen molar-refractivity contribution in [3.05, 3.63) is 71.8 Å². The van der Waals surface area contributed by atoms with Crippen molar-refractivity contribution < 1.29 is 9.90 Å². The molecule has 3 aromatic rings. The monoisotopic (exact) mass is 358 g/mol. The molecule has 126 valence electrons. The summed E-state index contributed by atoms with van der Waals surface area (Å²) in [4.78, 5) is 15.3. The zero-order chi connectivity index (χ0) is 18.7. The molecule has 0 amide bonds. The summed E-state index contributed by atoms with van der Waals surface area (Å²) < 4.78 is 0. The molecule has 3 rings (SSSR count). The van der Waals surface area contributed by atoms with Gasteiger partial charge in [0.1, 0.15) is 5.45 Å². The number of nitrogens with one attached hydrogen (secondary N) is 1. The smallest absolute Gasteiger partial charge is 0.335 e. The lowest BCUT2D eigenvalue weighted by Crippen LogP contribution is -1.97. The van der Waals surface area contributed by atoms with Crippen molar-refractivity contribution in [3.8, 4) is 23.5 Å². The summed E-state index contributed by atoms with van der Waals surface area (Å²) in [5.74, 6) is 1.50. The van der Waals surface area contributed by atoms with E-state index in [9.17, 15) is 9.90 Å². The van der Waals surface area contributed by atoms with Crippen LogP contribution in [0, 0.1) is 17.8 Å². The van der Waals surface area contributed by atoms with Crippen LogP contribution in [0.3, 0.4) is 0 Å². The second-order valence-corrected chi connectivity index (χ2v) is 6.16. The highest BCUT2D eigenvalue weighted by atomic mass is 31.0. The van der Waals surface area contributed by atoms with Gasteiger partial charge in [-0.2, -0.15) is 0 Å². The normalized spacial score (nSPS) is 11.2. The predicted octanol–water partition coefficient (Wildman–Crippen LogP) is 4.44. The van der Waals surface area contributed by atoms with Crippen molar-refractivity contribution in [3.63, 3.8) is 0 Å². The average molecular weight is 358 g/mol.